The van der Waals surface area contributed by atoms with Gasteiger partial charge >= 0.3 is 24.1 Å². The van der Waals surface area contributed by atoms with Crippen LogP contribution in [0.4, 0.5) is 21.0 Å². The molecule has 0 radical (unpaired) electrons. The van der Waals surface area contributed by atoms with E-state index in [1.807, 2.05) is 24.3 Å². The van der Waals surface area contributed by atoms with Gasteiger partial charge in [0.2, 0.25) is 0 Å². The van der Waals surface area contributed by atoms with Gasteiger partial charge in [0.25, 0.3) is 0 Å². The highest BCUT2D eigenvalue weighted by Gasteiger charge is 2.36. The molecule has 4 atom stereocenters. The Morgan fingerprint density at radius 3 is 1.51 bits per heavy atom. The third-order valence-electron chi connectivity index (χ3n) is 11.0. The van der Waals surface area contributed by atoms with E-state index < -0.39 is 42.8 Å². The minimum Gasteiger partial charge on any atom is -0.455 e. The van der Waals surface area contributed by atoms with E-state index >= 15 is 0 Å². The van der Waals surface area contributed by atoms with E-state index in [2.05, 4.69) is 72.1 Å². The van der Waals surface area contributed by atoms with E-state index in [4.69, 9.17) is 18.9 Å². The zero-order valence-electron chi connectivity index (χ0n) is 36.0. The van der Waals surface area contributed by atoms with Crippen molar-refractivity contribution in [3.05, 3.63) is 84.2 Å². The molecule has 328 valence electrons. The number of ether oxygens (including phenoxy) is 4. The predicted molar refractivity (Wildman–Crippen MR) is 238 cm³/mol. The first-order valence-corrected chi connectivity index (χ1v) is 21.6. The van der Waals surface area contributed by atoms with Crippen LogP contribution < -0.4 is 21.3 Å². The monoisotopic (exact) mass is 838 g/mol. The number of benzene rings is 2. The number of aromatic amines is 2. The number of anilines is 2. The molecule has 0 saturated heterocycles. The lowest BCUT2D eigenvalue weighted by Crippen LogP contribution is -2.39. The highest BCUT2D eigenvalue weighted by Crippen LogP contribution is 2.40. The fourth-order valence-corrected chi connectivity index (χ4v) is 8.04. The molecule has 0 spiro atoms. The Hall–Kier alpha value is -5.60. The van der Waals surface area contributed by atoms with E-state index in [1.54, 1.807) is 24.3 Å². The van der Waals surface area contributed by atoms with Crippen molar-refractivity contribution in [2.45, 2.75) is 110 Å². The first kappa shape index (κ1) is 44.9. The summed E-state index contributed by atoms with van der Waals surface area (Å²) in [6, 6.07) is 11.2. The number of esters is 2. The van der Waals surface area contributed by atoms with Gasteiger partial charge in [-0.1, -0.05) is 39.8 Å². The number of carbonyl (C=O) groups excluding carboxylic acids is 4. The number of allylic oxidation sites excluding steroid dienone is 2. The van der Waals surface area contributed by atoms with E-state index in [1.165, 1.54) is 0 Å². The van der Waals surface area contributed by atoms with Gasteiger partial charge in [-0.3, -0.25) is 20.2 Å². The second-order valence-corrected chi connectivity index (χ2v) is 17.0. The van der Waals surface area contributed by atoms with Crippen molar-refractivity contribution in [3.8, 4) is 0 Å². The molecule has 4 unspecified atom stereocenters. The van der Waals surface area contributed by atoms with Gasteiger partial charge < -0.3 is 39.5 Å². The summed E-state index contributed by atoms with van der Waals surface area (Å²) in [5.41, 5.74) is 6.37. The molecule has 0 bridgehead atoms. The summed E-state index contributed by atoms with van der Waals surface area (Å²) in [5.74, 6) is -0.544. The normalized spacial score (nSPS) is 18.3. The van der Waals surface area contributed by atoms with Crippen LogP contribution in [0.5, 0.6) is 0 Å². The Labute approximate surface area is 357 Å². The van der Waals surface area contributed by atoms with Crippen LogP contribution in [0.15, 0.2) is 61.7 Å². The number of amides is 2. The molecule has 61 heavy (non-hydrogen) atoms. The lowest BCUT2D eigenvalue weighted by molar-refractivity contribution is -0.162. The molecule has 6 N–H and O–H groups in total. The van der Waals surface area contributed by atoms with Crippen molar-refractivity contribution in [1.82, 2.24) is 20.6 Å². The largest absolute Gasteiger partial charge is 0.455 e. The molecular weight excluding hydrogens is 777 g/mol. The first-order chi connectivity index (χ1) is 29.4. The fourth-order valence-electron chi connectivity index (χ4n) is 8.04. The summed E-state index contributed by atoms with van der Waals surface area (Å²) in [6.45, 7) is 18.1. The number of carbonyl (C=O) groups is 4. The van der Waals surface area contributed by atoms with Crippen LogP contribution in [0.1, 0.15) is 107 Å². The van der Waals surface area contributed by atoms with Crippen molar-refractivity contribution in [1.29, 1.82) is 0 Å². The second kappa shape index (κ2) is 21.3. The number of nitrogens with one attached hydrogen (secondary N) is 6. The lowest BCUT2D eigenvalue weighted by Gasteiger charge is -2.31. The SMILES string of the molecule is C=CCCCOC(=O)Nc1ccc2[nH]c3c(c2c1)CC(NCC(C)C)CC3OC(=O)CC(=O)OC1CC(NCC(C)C)Cc2c1[nH]c1ccc(NC(=O)OCCCC=C)cc21. The molecule has 6 rings (SSSR count). The zero-order valence-corrected chi connectivity index (χ0v) is 36.0. The van der Waals surface area contributed by atoms with E-state index in [-0.39, 0.29) is 12.1 Å². The Morgan fingerprint density at radius 2 is 1.11 bits per heavy atom. The van der Waals surface area contributed by atoms with E-state index in [0.29, 0.717) is 74.9 Å². The van der Waals surface area contributed by atoms with Gasteiger partial charge in [0.1, 0.15) is 18.6 Å². The van der Waals surface area contributed by atoms with Gasteiger partial charge in [-0.15, -0.1) is 13.2 Å². The molecule has 0 fully saturated rings. The Kier molecular flexibility index (Phi) is 15.7. The van der Waals surface area contributed by atoms with Crippen LogP contribution in [-0.2, 0) is 41.4 Å². The van der Waals surface area contributed by atoms with Gasteiger partial charge in [-0.2, -0.15) is 0 Å². The summed E-state index contributed by atoms with van der Waals surface area (Å²) in [6.07, 6.45) is 6.00. The van der Waals surface area contributed by atoms with Crippen LogP contribution in [0, 0.1) is 11.8 Å². The maximum absolute atomic E-state index is 13.6. The number of fused-ring (bicyclic) bond motifs is 6. The Morgan fingerprint density at radius 1 is 0.689 bits per heavy atom. The molecule has 2 aliphatic carbocycles. The molecule has 0 aliphatic heterocycles. The summed E-state index contributed by atoms with van der Waals surface area (Å²) in [7, 11) is 0. The Balaban J connectivity index is 1.16. The number of unbranched alkanes of at least 4 members (excludes halogenated alkanes) is 2. The van der Waals surface area contributed by atoms with Crippen molar-refractivity contribution >= 4 is 57.3 Å². The van der Waals surface area contributed by atoms with Crippen LogP contribution >= 0.6 is 0 Å². The highest BCUT2D eigenvalue weighted by molar-refractivity contribution is 5.95. The number of H-pyrrole nitrogens is 2. The van der Waals surface area contributed by atoms with Gasteiger partial charge in [-0.25, -0.2) is 9.59 Å². The average molecular weight is 839 g/mol. The van der Waals surface area contributed by atoms with Crippen LogP contribution in [-0.4, -0.2) is 72.5 Å². The average Bonchev–Trinajstić information content (AvgIpc) is 3.77. The summed E-state index contributed by atoms with van der Waals surface area (Å²) in [4.78, 5) is 59.1. The fraction of sp³-hybridized carbons (Fsp3) is 0.489. The van der Waals surface area contributed by atoms with Crippen molar-refractivity contribution < 1.29 is 38.1 Å². The van der Waals surface area contributed by atoms with Crippen LogP contribution in [0.25, 0.3) is 21.8 Å². The minimum absolute atomic E-state index is 0.00624. The van der Waals surface area contributed by atoms with Gasteiger partial charge in [0.05, 0.1) is 24.6 Å². The summed E-state index contributed by atoms with van der Waals surface area (Å²) >= 11 is 0. The van der Waals surface area contributed by atoms with Crippen molar-refractivity contribution in [2.75, 3.05) is 36.9 Å². The van der Waals surface area contributed by atoms with Gasteiger partial charge in [-0.05, 0) is 111 Å². The van der Waals surface area contributed by atoms with E-state index in [9.17, 15) is 19.2 Å². The molecular formula is C47H62N6O8. The maximum atomic E-state index is 13.6. The number of hydrogen-bond donors (Lipinski definition) is 6. The van der Waals surface area contributed by atoms with Gasteiger partial charge in [0.15, 0.2) is 0 Å². The maximum Gasteiger partial charge on any atom is 0.411 e. The lowest BCUT2D eigenvalue weighted by atomic mass is 9.89. The number of rotatable bonds is 20. The van der Waals surface area contributed by atoms with E-state index in [0.717, 1.165) is 70.3 Å². The molecule has 14 heteroatoms. The molecule has 2 aromatic heterocycles. The summed E-state index contributed by atoms with van der Waals surface area (Å²) in [5, 5.41) is 14.7. The minimum atomic E-state index is -0.681. The zero-order chi connectivity index (χ0) is 43.5. The predicted octanol–water partition coefficient (Wildman–Crippen LogP) is 9.06. The Bertz CT molecular complexity index is 2040. The van der Waals surface area contributed by atoms with Crippen LogP contribution in [0.2, 0.25) is 0 Å². The number of aromatic nitrogens is 2. The molecule has 0 saturated carbocycles. The molecule has 2 aromatic carbocycles. The second-order valence-electron chi connectivity index (χ2n) is 17.0. The third kappa shape index (κ3) is 12.3. The molecule has 14 nitrogen and oxygen atoms in total. The topological polar surface area (TPSA) is 185 Å². The highest BCUT2D eigenvalue weighted by atomic mass is 16.6. The molecule has 2 amide bonds. The standard InChI is InChI=1S/C47H62N6O8/c1-7-9-11-17-58-46(56)50-30-13-15-38-34(19-30)36-21-32(48-26-28(3)4)23-40(44(36)52-38)60-42(54)25-43(55)61-41-24-33(49-27-29(5)6)22-37-35-20-31(14-16-39(35)53-45(37)41)51-47(57)59-18-12-10-8-2/h7-8,13-16,19-20,28-29,32-33,40-41,48-49,52-53H,1-2,9-12,17-18,21-27H2,3-6H3,(H,50,56)(H,51,57). The molecule has 4 aromatic rings. The van der Waals surface area contributed by atoms with Crippen LogP contribution in [0.3, 0.4) is 0 Å². The van der Waals surface area contributed by atoms with Crippen molar-refractivity contribution in [2.24, 2.45) is 11.8 Å². The first-order valence-electron chi connectivity index (χ1n) is 21.6. The number of hydrogen-bond acceptors (Lipinski definition) is 10. The quantitative estimate of drug-likeness (QED) is 0.0165. The van der Waals surface area contributed by atoms with Crippen molar-refractivity contribution in [3.63, 3.8) is 0 Å². The van der Waals surface area contributed by atoms with Gasteiger partial charge in [0, 0.05) is 58.1 Å². The molecule has 2 heterocycles. The smallest absolute Gasteiger partial charge is 0.411 e. The third-order valence-corrected chi connectivity index (χ3v) is 11.0. The molecule has 2 aliphatic rings. The summed E-state index contributed by atoms with van der Waals surface area (Å²) < 4.78 is 22.9.